The minimum absolute atomic E-state index is 0.289. The second-order valence-corrected chi connectivity index (χ2v) is 3.57. The summed E-state index contributed by atoms with van der Waals surface area (Å²) in [5.74, 6) is -1.04. The highest BCUT2D eigenvalue weighted by Gasteiger charge is 2.06. The van der Waals surface area contributed by atoms with E-state index in [2.05, 4.69) is 11.9 Å². The molecule has 0 spiro atoms. The third-order valence-electron chi connectivity index (χ3n) is 2.19. The maximum Gasteiger partial charge on any atom is 0.339 e. The van der Waals surface area contributed by atoms with Crippen LogP contribution in [0, 0.1) is 5.95 Å². The third kappa shape index (κ3) is 4.38. The van der Waals surface area contributed by atoms with Crippen molar-refractivity contribution in [3.8, 4) is 0 Å². The molecule has 3 nitrogen and oxygen atoms in total. The molecule has 1 heterocycles. The summed E-state index contributed by atoms with van der Waals surface area (Å²) in [5, 5.41) is 0. The van der Waals surface area contributed by atoms with Crippen LogP contribution in [0.15, 0.2) is 18.3 Å². The smallest absolute Gasteiger partial charge is 0.339 e. The molecule has 88 valence electrons. The van der Waals surface area contributed by atoms with Crippen LogP contribution in [0.1, 0.15) is 43.0 Å². The maximum atomic E-state index is 12.5. The standard InChI is InChI=1S/C12H16FNO2/c1-2-3-4-5-8-16-12(15)10-6-7-11(13)14-9-10/h6-7,9H,2-5,8H2,1H3. The summed E-state index contributed by atoms with van der Waals surface area (Å²) in [6.45, 7) is 2.53. The molecule has 0 saturated carbocycles. The quantitative estimate of drug-likeness (QED) is 0.424. The van der Waals surface area contributed by atoms with Crippen molar-refractivity contribution in [2.75, 3.05) is 6.61 Å². The third-order valence-corrected chi connectivity index (χ3v) is 2.19. The number of carbonyl (C=O) groups is 1. The van der Waals surface area contributed by atoms with Crippen molar-refractivity contribution in [3.05, 3.63) is 29.8 Å². The van der Waals surface area contributed by atoms with Crippen LogP contribution in [-0.4, -0.2) is 17.6 Å². The number of rotatable bonds is 6. The number of carbonyl (C=O) groups excluding carboxylic acids is 1. The Morgan fingerprint density at radius 2 is 2.19 bits per heavy atom. The van der Waals surface area contributed by atoms with Gasteiger partial charge in [-0.15, -0.1) is 0 Å². The predicted octanol–water partition coefficient (Wildman–Crippen LogP) is 2.96. The molecule has 0 aliphatic rings. The van der Waals surface area contributed by atoms with E-state index in [1.54, 1.807) is 0 Å². The van der Waals surface area contributed by atoms with Gasteiger partial charge in [-0.3, -0.25) is 0 Å². The van der Waals surface area contributed by atoms with Crippen molar-refractivity contribution in [1.29, 1.82) is 0 Å². The number of halogens is 1. The van der Waals surface area contributed by atoms with Crippen molar-refractivity contribution >= 4 is 5.97 Å². The van der Waals surface area contributed by atoms with Crippen LogP contribution in [0.25, 0.3) is 0 Å². The van der Waals surface area contributed by atoms with E-state index in [0.29, 0.717) is 6.61 Å². The molecule has 0 fully saturated rings. The van der Waals surface area contributed by atoms with Crippen LogP contribution in [0.2, 0.25) is 0 Å². The van der Waals surface area contributed by atoms with E-state index in [0.717, 1.165) is 31.7 Å². The van der Waals surface area contributed by atoms with Gasteiger partial charge in [0.05, 0.1) is 12.2 Å². The molecule has 1 aromatic rings. The van der Waals surface area contributed by atoms with Crippen LogP contribution in [-0.2, 0) is 4.74 Å². The maximum absolute atomic E-state index is 12.5. The van der Waals surface area contributed by atoms with Gasteiger partial charge in [0.25, 0.3) is 0 Å². The summed E-state index contributed by atoms with van der Waals surface area (Å²) >= 11 is 0. The Balaban J connectivity index is 2.27. The van der Waals surface area contributed by atoms with Gasteiger partial charge in [-0.05, 0) is 18.6 Å². The first-order valence-electron chi connectivity index (χ1n) is 5.52. The van der Waals surface area contributed by atoms with Gasteiger partial charge < -0.3 is 4.74 Å². The Morgan fingerprint density at radius 3 is 2.81 bits per heavy atom. The second-order valence-electron chi connectivity index (χ2n) is 3.57. The zero-order chi connectivity index (χ0) is 11.8. The first-order valence-corrected chi connectivity index (χ1v) is 5.52. The molecule has 0 unspecified atom stereocenters. The molecular weight excluding hydrogens is 209 g/mol. The van der Waals surface area contributed by atoms with Crippen molar-refractivity contribution in [1.82, 2.24) is 4.98 Å². The second kappa shape index (κ2) is 6.93. The normalized spacial score (nSPS) is 10.1. The first kappa shape index (κ1) is 12.6. The Morgan fingerprint density at radius 1 is 1.38 bits per heavy atom. The van der Waals surface area contributed by atoms with E-state index in [-0.39, 0.29) is 5.56 Å². The molecule has 4 heteroatoms. The molecule has 0 aromatic carbocycles. The number of esters is 1. The van der Waals surface area contributed by atoms with E-state index < -0.39 is 11.9 Å². The van der Waals surface area contributed by atoms with E-state index in [1.165, 1.54) is 12.3 Å². The highest BCUT2D eigenvalue weighted by Crippen LogP contribution is 2.04. The Hall–Kier alpha value is -1.45. The molecule has 0 bridgehead atoms. The Bertz CT molecular complexity index is 324. The van der Waals surface area contributed by atoms with Gasteiger partial charge >= 0.3 is 5.97 Å². The van der Waals surface area contributed by atoms with E-state index >= 15 is 0 Å². The molecule has 0 radical (unpaired) electrons. The molecular formula is C12H16FNO2. The summed E-state index contributed by atoms with van der Waals surface area (Å²) in [6, 6.07) is 2.52. The number of nitrogens with zero attached hydrogens (tertiary/aromatic N) is 1. The summed E-state index contributed by atoms with van der Waals surface area (Å²) < 4.78 is 17.5. The van der Waals surface area contributed by atoms with E-state index in [4.69, 9.17) is 4.74 Å². The lowest BCUT2D eigenvalue weighted by Gasteiger charge is -2.03. The van der Waals surface area contributed by atoms with Crippen molar-refractivity contribution in [3.63, 3.8) is 0 Å². The van der Waals surface area contributed by atoms with Crippen molar-refractivity contribution < 1.29 is 13.9 Å². The van der Waals surface area contributed by atoms with Gasteiger partial charge in [0.15, 0.2) is 0 Å². The zero-order valence-corrected chi connectivity index (χ0v) is 9.41. The number of unbranched alkanes of at least 4 members (excludes halogenated alkanes) is 3. The van der Waals surface area contributed by atoms with Crippen LogP contribution in [0.4, 0.5) is 4.39 Å². The predicted molar refractivity (Wildman–Crippen MR) is 58.6 cm³/mol. The van der Waals surface area contributed by atoms with Crippen LogP contribution in [0.5, 0.6) is 0 Å². The highest BCUT2D eigenvalue weighted by molar-refractivity contribution is 5.88. The van der Waals surface area contributed by atoms with Crippen LogP contribution in [0.3, 0.4) is 0 Å². The largest absolute Gasteiger partial charge is 0.462 e. The molecule has 0 amide bonds. The van der Waals surface area contributed by atoms with Crippen LogP contribution < -0.4 is 0 Å². The lowest BCUT2D eigenvalue weighted by molar-refractivity contribution is 0.0497. The Kier molecular flexibility index (Phi) is 5.46. The van der Waals surface area contributed by atoms with Gasteiger partial charge in [0, 0.05) is 6.20 Å². The zero-order valence-electron chi connectivity index (χ0n) is 9.41. The molecule has 1 aromatic heterocycles. The van der Waals surface area contributed by atoms with E-state index in [1.807, 2.05) is 0 Å². The highest BCUT2D eigenvalue weighted by atomic mass is 19.1. The van der Waals surface area contributed by atoms with Gasteiger partial charge in [-0.2, -0.15) is 4.39 Å². The molecule has 1 rings (SSSR count). The molecule has 0 aliphatic carbocycles. The number of hydrogen-bond acceptors (Lipinski definition) is 3. The summed E-state index contributed by atoms with van der Waals surface area (Å²) in [7, 11) is 0. The summed E-state index contributed by atoms with van der Waals surface area (Å²) in [4.78, 5) is 14.8. The number of aromatic nitrogens is 1. The molecule has 0 N–H and O–H groups in total. The van der Waals surface area contributed by atoms with Gasteiger partial charge in [-0.25, -0.2) is 9.78 Å². The van der Waals surface area contributed by atoms with Gasteiger partial charge in [-0.1, -0.05) is 26.2 Å². The minimum Gasteiger partial charge on any atom is -0.462 e. The monoisotopic (exact) mass is 225 g/mol. The number of pyridine rings is 1. The first-order chi connectivity index (χ1) is 7.74. The SMILES string of the molecule is CCCCCCOC(=O)c1ccc(F)nc1. The van der Waals surface area contributed by atoms with Gasteiger partial charge in [0.1, 0.15) is 0 Å². The lowest BCUT2D eigenvalue weighted by Crippen LogP contribution is -2.07. The average Bonchev–Trinajstić information content (AvgIpc) is 2.29. The molecule has 0 aliphatic heterocycles. The van der Waals surface area contributed by atoms with Crippen molar-refractivity contribution in [2.24, 2.45) is 0 Å². The molecule has 0 atom stereocenters. The van der Waals surface area contributed by atoms with Gasteiger partial charge in [0.2, 0.25) is 5.95 Å². The van der Waals surface area contributed by atoms with Crippen LogP contribution >= 0.6 is 0 Å². The fourth-order valence-electron chi connectivity index (χ4n) is 1.27. The molecule has 0 saturated heterocycles. The van der Waals surface area contributed by atoms with E-state index in [9.17, 15) is 9.18 Å². The minimum atomic E-state index is -0.598. The summed E-state index contributed by atoms with van der Waals surface area (Å²) in [5.41, 5.74) is 0.289. The number of ether oxygens (including phenoxy) is 1. The summed E-state index contributed by atoms with van der Waals surface area (Å²) in [6.07, 6.45) is 5.41. The van der Waals surface area contributed by atoms with Crippen molar-refractivity contribution in [2.45, 2.75) is 32.6 Å². The average molecular weight is 225 g/mol. The fourth-order valence-corrected chi connectivity index (χ4v) is 1.27. The lowest BCUT2D eigenvalue weighted by atomic mass is 10.2. The fraction of sp³-hybridized carbons (Fsp3) is 0.500. The molecule has 16 heavy (non-hydrogen) atoms. The number of hydrogen-bond donors (Lipinski definition) is 0. The topological polar surface area (TPSA) is 39.2 Å². The Labute approximate surface area is 94.6 Å².